The van der Waals surface area contributed by atoms with Crippen molar-refractivity contribution >= 4 is 53.0 Å². The Morgan fingerprint density at radius 3 is 1.28 bits per heavy atom. The molecule has 0 rings (SSSR count). The maximum atomic E-state index is 13.4. The van der Waals surface area contributed by atoms with Gasteiger partial charge in [0.25, 0.3) is 0 Å². The second-order valence-electron chi connectivity index (χ2n) is 15.6. The third-order valence-electron chi connectivity index (χ3n) is 9.83. The first-order valence-electron chi connectivity index (χ1n) is 21.5. The van der Waals surface area contributed by atoms with Crippen molar-refractivity contribution < 1.29 is 53.4 Å². The molecule has 7 atom stereocenters. The van der Waals surface area contributed by atoms with Gasteiger partial charge < -0.3 is 53.6 Å². The molecule has 344 valence electrons. The fraction of sp³-hybridized carbons (Fsp3) is 0.780. The molecule has 0 fully saturated rings. The average Bonchev–Trinajstić information content (AvgIpc) is 3.16. The molecule has 8 amide bonds. The number of Topliss-reactive ketones (excluding diaryl/α,β-unsaturated/α-hetero) is 1. The Morgan fingerprint density at radius 2 is 0.867 bits per heavy atom. The van der Waals surface area contributed by atoms with E-state index in [4.69, 9.17) is 11.5 Å². The van der Waals surface area contributed by atoms with E-state index < -0.39 is 103 Å². The van der Waals surface area contributed by atoms with Crippen molar-refractivity contribution in [3.63, 3.8) is 0 Å². The molecule has 19 nitrogen and oxygen atoms in total. The predicted molar refractivity (Wildman–Crippen MR) is 224 cm³/mol. The van der Waals surface area contributed by atoms with Crippen LogP contribution in [0.4, 0.5) is 0 Å². The van der Waals surface area contributed by atoms with E-state index in [0.717, 1.165) is 32.1 Å². The van der Waals surface area contributed by atoms with E-state index in [0.29, 0.717) is 19.3 Å². The molecule has 0 aromatic rings. The van der Waals surface area contributed by atoms with Gasteiger partial charge in [-0.3, -0.25) is 43.2 Å². The first kappa shape index (κ1) is 55.4. The highest BCUT2D eigenvalue weighted by Gasteiger charge is 2.35. The summed E-state index contributed by atoms with van der Waals surface area (Å²) in [5.74, 6) is -8.14. The molecular formula is C41H74N8O11. The summed E-state index contributed by atoms with van der Waals surface area (Å²) in [6.07, 6.45) is 12.1. The van der Waals surface area contributed by atoms with Crippen LogP contribution in [0.1, 0.15) is 157 Å². The van der Waals surface area contributed by atoms with Gasteiger partial charge in [0.15, 0.2) is 5.78 Å². The summed E-state index contributed by atoms with van der Waals surface area (Å²) >= 11 is 0. The van der Waals surface area contributed by atoms with Gasteiger partial charge in [0.2, 0.25) is 47.3 Å². The van der Waals surface area contributed by atoms with E-state index in [1.54, 1.807) is 0 Å². The molecule has 0 aromatic heterocycles. The zero-order chi connectivity index (χ0) is 45.6. The minimum Gasteiger partial charge on any atom is -0.391 e. The molecule has 19 heteroatoms. The molecule has 0 aliphatic heterocycles. The minimum atomic E-state index is -1.80. The summed E-state index contributed by atoms with van der Waals surface area (Å²) in [5.41, 5.74) is 10.6. The van der Waals surface area contributed by atoms with Crippen molar-refractivity contribution in [3.8, 4) is 0 Å². The summed E-state index contributed by atoms with van der Waals surface area (Å²) in [6.45, 7) is 7.22. The summed E-state index contributed by atoms with van der Waals surface area (Å²) in [7, 11) is 0. The Balaban J connectivity index is 5.32. The van der Waals surface area contributed by atoms with Crippen LogP contribution in [0.25, 0.3) is 0 Å². The number of primary amides is 2. The van der Waals surface area contributed by atoms with Gasteiger partial charge in [-0.05, 0) is 33.6 Å². The maximum Gasteiger partial charge on any atom is 0.245 e. The lowest BCUT2D eigenvalue weighted by Crippen LogP contribution is -2.62. The number of nitrogens with one attached hydrogen (secondary N) is 6. The molecule has 12 N–H and O–H groups in total. The van der Waals surface area contributed by atoms with Gasteiger partial charge in [0, 0.05) is 6.42 Å². The lowest BCUT2D eigenvalue weighted by molar-refractivity contribution is -0.138. The predicted octanol–water partition coefficient (Wildman–Crippen LogP) is 0.300. The topological polar surface area (TPSA) is 318 Å². The standard InChI is InChI=1S/C41H74N8O11/c1-6-8-10-11-12-13-14-15-16-17-18-19-20-22-34(55)44-25-35(56)48-36(27(4)51)40(59)47-30(23-32(42)53)38(57)46-31(24-33(43)54)39(58)49-37(28(5)52)41(60)45-29(26(3)50)21-9-7-2/h27-31,36-37,51-52H,6-25H2,1-5H3,(H2,42,53)(H2,43,54)(H,44,55)(H,45,60)(H,46,57)(H,47,59)(H,48,56)(H,49,58)/t27?,28?,29-,30-,31?,36-,37-/m0/s1. The molecule has 0 radical (unpaired) electrons. The number of amides is 8. The monoisotopic (exact) mass is 855 g/mol. The average molecular weight is 855 g/mol. The number of ketones is 1. The van der Waals surface area contributed by atoms with E-state index in [9.17, 15) is 53.4 Å². The fourth-order valence-corrected chi connectivity index (χ4v) is 6.26. The summed E-state index contributed by atoms with van der Waals surface area (Å²) < 4.78 is 0. The van der Waals surface area contributed by atoms with Crippen molar-refractivity contribution in [1.29, 1.82) is 0 Å². The molecule has 0 aliphatic rings. The van der Waals surface area contributed by atoms with Crippen LogP contribution in [0.15, 0.2) is 0 Å². The summed E-state index contributed by atoms with van der Waals surface area (Å²) in [4.78, 5) is 114. The molecule has 0 aromatic carbocycles. The number of unbranched alkanes of at least 4 members (excludes halogenated alkanes) is 13. The molecular weight excluding hydrogens is 780 g/mol. The number of aliphatic hydroxyl groups excluding tert-OH is 2. The smallest absolute Gasteiger partial charge is 0.245 e. The van der Waals surface area contributed by atoms with Crippen molar-refractivity contribution in [2.45, 2.75) is 199 Å². The van der Waals surface area contributed by atoms with Gasteiger partial charge in [0.05, 0.1) is 37.6 Å². The van der Waals surface area contributed by atoms with Gasteiger partial charge in [-0.1, -0.05) is 104 Å². The molecule has 0 spiro atoms. The number of carbonyl (C=O) groups is 9. The zero-order valence-corrected chi connectivity index (χ0v) is 36.4. The van der Waals surface area contributed by atoms with E-state index in [1.807, 2.05) is 6.92 Å². The number of carbonyl (C=O) groups excluding carboxylic acids is 9. The van der Waals surface area contributed by atoms with Gasteiger partial charge in [-0.15, -0.1) is 0 Å². The second kappa shape index (κ2) is 32.2. The largest absolute Gasteiger partial charge is 0.391 e. The molecule has 0 saturated carbocycles. The SMILES string of the molecule is CCCCCCCCCCCCCCCC(=O)NCC(=O)N[C@H](C(=O)N[C@@H](CC(N)=O)C(=O)NC(CC(N)=O)C(=O)N[C@H](C(=O)N[C@@H](CCCC)C(C)=O)C(C)O)C(C)O. The number of hydrogen-bond donors (Lipinski definition) is 10. The van der Waals surface area contributed by atoms with Gasteiger partial charge in [0.1, 0.15) is 24.2 Å². The second-order valence-corrected chi connectivity index (χ2v) is 15.6. The van der Waals surface area contributed by atoms with E-state index in [-0.39, 0.29) is 18.1 Å². The lowest BCUT2D eigenvalue weighted by Gasteiger charge is -2.27. The number of nitrogens with two attached hydrogens (primary N) is 2. The third-order valence-corrected chi connectivity index (χ3v) is 9.83. The molecule has 0 aliphatic carbocycles. The zero-order valence-electron chi connectivity index (χ0n) is 36.4. The van der Waals surface area contributed by atoms with Crippen LogP contribution >= 0.6 is 0 Å². The van der Waals surface area contributed by atoms with Crippen LogP contribution in [-0.4, -0.2) is 112 Å². The highest BCUT2D eigenvalue weighted by atomic mass is 16.3. The minimum absolute atomic E-state index is 0.205. The first-order chi connectivity index (χ1) is 28.3. The molecule has 0 heterocycles. The van der Waals surface area contributed by atoms with E-state index >= 15 is 0 Å². The van der Waals surface area contributed by atoms with Gasteiger partial charge in [-0.2, -0.15) is 0 Å². The van der Waals surface area contributed by atoms with Crippen LogP contribution in [0.3, 0.4) is 0 Å². The maximum absolute atomic E-state index is 13.4. The van der Waals surface area contributed by atoms with Crippen LogP contribution in [-0.2, 0) is 43.2 Å². The Labute approximate surface area is 354 Å². The summed E-state index contributed by atoms with van der Waals surface area (Å²) in [6, 6.07) is -7.82. The summed E-state index contributed by atoms with van der Waals surface area (Å²) in [5, 5.41) is 34.4. The third kappa shape index (κ3) is 25.8. The number of rotatable bonds is 35. The number of hydrogen-bond acceptors (Lipinski definition) is 11. The highest BCUT2D eigenvalue weighted by Crippen LogP contribution is 2.13. The Kier molecular flexibility index (Phi) is 29.7. The Morgan fingerprint density at radius 1 is 0.483 bits per heavy atom. The van der Waals surface area contributed by atoms with Crippen LogP contribution in [0, 0.1) is 0 Å². The van der Waals surface area contributed by atoms with Crippen molar-refractivity contribution in [1.82, 2.24) is 31.9 Å². The quantitative estimate of drug-likeness (QED) is 0.0387. The van der Waals surface area contributed by atoms with Crippen molar-refractivity contribution in [2.24, 2.45) is 11.5 Å². The van der Waals surface area contributed by atoms with Crippen LogP contribution < -0.4 is 43.4 Å². The van der Waals surface area contributed by atoms with Crippen molar-refractivity contribution in [2.75, 3.05) is 6.54 Å². The normalized spacial score (nSPS) is 14.5. The van der Waals surface area contributed by atoms with Crippen LogP contribution in [0.2, 0.25) is 0 Å². The van der Waals surface area contributed by atoms with Crippen LogP contribution in [0.5, 0.6) is 0 Å². The van der Waals surface area contributed by atoms with Gasteiger partial charge >= 0.3 is 0 Å². The fourth-order valence-electron chi connectivity index (χ4n) is 6.26. The van der Waals surface area contributed by atoms with Crippen molar-refractivity contribution in [3.05, 3.63) is 0 Å². The molecule has 3 unspecified atom stereocenters. The molecule has 60 heavy (non-hydrogen) atoms. The van der Waals surface area contributed by atoms with E-state index in [2.05, 4.69) is 38.8 Å². The highest BCUT2D eigenvalue weighted by molar-refractivity contribution is 5.99. The Bertz CT molecular complexity index is 1380. The first-order valence-corrected chi connectivity index (χ1v) is 21.5. The molecule has 0 bridgehead atoms. The Hall–Kier alpha value is -4.65. The lowest BCUT2D eigenvalue weighted by atomic mass is 10.0. The van der Waals surface area contributed by atoms with Gasteiger partial charge in [-0.25, -0.2) is 0 Å². The molecule has 0 saturated heterocycles. The van der Waals surface area contributed by atoms with E-state index in [1.165, 1.54) is 72.1 Å². The number of aliphatic hydroxyl groups is 2.